The average molecular weight is 432 g/mol. The molecule has 2 amide bonds. The van der Waals surface area contributed by atoms with Crippen LogP contribution in [0.5, 0.6) is 0 Å². The van der Waals surface area contributed by atoms with E-state index >= 15 is 0 Å². The van der Waals surface area contributed by atoms with Crippen LogP contribution in [0.15, 0.2) is 42.9 Å². The summed E-state index contributed by atoms with van der Waals surface area (Å²) in [7, 11) is 3.33. The highest BCUT2D eigenvalue weighted by Gasteiger charge is 2.21. The van der Waals surface area contributed by atoms with Crippen molar-refractivity contribution in [2.45, 2.75) is 13.3 Å². The molecule has 164 valence electrons. The number of aromatic amines is 1. The molecule has 4 aromatic heterocycles. The molecule has 0 saturated heterocycles. The van der Waals surface area contributed by atoms with Crippen LogP contribution in [0.4, 0.5) is 5.82 Å². The predicted molar refractivity (Wildman–Crippen MR) is 121 cm³/mol. The van der Waals surface area contributed by atoms with Crippen LogP contribution < -0.4 is 11.1 Å². The largest absolute Gasteiger partial charge is 0.382 e. The molecule has 0 aromatic carbocycles. The number of carbonyl (C=O) groups excluding carboxylic acids is 2. The lowest BCUT2D eigenvalue weighted by atomic mass is 10.1. The summed E-state index contributed by atoms with van der Waals surface area (Å²) >= 11 is 0. The molecule has 32 heavy (non-hydrogen) atoms. The number of nitrogens with zero attached hydrogens (tertiary/aromatic N) is 5. The molecule has 0 aliphatic heterocycles. The Morgan fingerprint density at radius 1 is 1.19 bits per heavy atom. The summed E-state index contributed by atoms with van der Waals surface area (Å²) < 4.78 is 1.94. The summed E-state index contributed by atoms with van der Waals surface area (Å²) in [5.41, 5.74) is 10.4. The first-order valence-corrected chi connectivity index (χ1v) is 10.1. The highest BCUT2D eigenvalue weighted by molar-refractivity contribution is 5.98. The number of fused-ring (bicyclic) bond motifs is 1. The van der Waals surface area contributed by atoms with Crippen molar-refractivity contribution in [3.05, 3.63) is 54.2 Å². The molecule has 0 aliphatic rings. The van der Waals surface area contributed by atoms with E-state index < -0.39 is 5.91 Å². The number of pyridine rings is 1. The number of nitrogens with two attached hydrogens (primary N) is 1. The summed E-state index contributed by atoms with van der Waals surface area (Å²) in [6, 6.07) is 7.47. The van der Waals surface area contributed by atoms with Crippen molar-refractivity contribution < 1.29 is 9.59 Å². The Kier molecular flexibility index (Phi) is 5.59. The molecule has 4 rings (SSSR count). The first kappa shape index (κ1) is 21.0. The maximum Gasteiger partial charge on any atom is 0.273 e. The number of imidazole rings is 1. The Morgan fingerprint density at radius 3 is 2.72 bits per heavy atom. The minimum Gasteiger partial charge on any atom is -0.382 e. The zero-order valence-corrected chi connectivity index (χ0v) is 18.1. The molecule has 0 spiro atoms. The first-order valence-electron chi connectivity index (χ1n) is 10.1. The molecular weight excluding hydrogens is 408 g/mol. The van der Waals surface area contributed by atoms with Crippen molar-refractivity contribution in [2.75, 3.05) is 26.4 Å². The van der Waals surface area contributed by atoms with Gasteiger partial charge in [0, 0.05) is 56.9 Å². The molecule has 0 atom stereocenters. The number of carbonyl (C=O) groups is 2. The summed E-state index contributed by atoms with van der Waals surface area (Å²) in [4.78, 5) is 42.6. The Balaban J connectivity index is 1.74. The van der Waals surface area contributed by atoms with Crippen molar-refractivity contribution in [1.82, 2.24) is 34.6 Å². The van der Waals surface area contributed by atoms with Crippen LogP contribution in [0.3, 0.4) is 0 Å². The number of nitrogen functional groups attached to an aromatic ring is 1. The van der Waals surface area contributed by atoms with E-state index in [1.54, 1.807) is 26.5 Å². The number of anilines is 1. The Morgan fingerprint density at radius 2 is 2.00 bits per heavy atom. The number of amides is 2. The molecule has 0 unspecified atom stereocenters. The van der Waals surface area contributed by atoms with Gasteiger partial charge >= 0.3 is 0 Å². The molecule has 4 heterocycles. The molecule has 10 nitrogen and oxygen atoms in total. The highest BCUT2D eigenvalue weighted by atomic mass is 16.2. The van der Waals surface area contributed by atoms with Gasteiger partial charge in [-0.05, 0) is 31.2 Å². The van der Waals surface area contributed by atoms with Crippen molar-refractivity contribution >= 4 is 23.3 Å². The van der Waals surface area contributed by atoms with Crippen molar-refractivity contribution in [2.24, 2.45) is 0 Å². The van der Waals surface area contributed by atoms with Crippen LogP contribution in [0.25, 0.3) is 28.3 Å². The molecule has 0 fully saturated rings. The molecule has 0 bridgehead atoms. The molecule has 4 aromatic rings. The van der Waals surface area contributed by atoms with E-state index in [1.165, 1.54) is 4.90 Å². The quantitative estimate of drug-likeness (QED) is 0.426. The summed E-state index contributed by atoms with van der Waals surface area (Å²) in [6.45, 7) is 2.13. The third-order valence-corrected chi connectivity index (χ3v) is 5.08. The molecule has 0 aliphatic carbocycles. The van der Waals surface area contributed by atoms with Gasteiger partial charge in [-0.15, -0.1) is 0 Å². The van der Waals surface area contributed by atoms with E-state index in [4.69, 9.17) is 5.73 Å². The number of hydrogen-bond acceptors (Lipinski definition) is 6. The van der Waals surface area contributed by atoms with Crippen molar-refractivity contribution in [3.8, 4) is 22.6 Å². The van der Waals surface area contributed by atoms with E-state index in [1.807, 2.05) is 41.8 Å². The second-order valence-electron chi connectivity index (χ2n) is 7.58. The fourth-order valence-electron chi connectivity index (χ4n) is 3.31. The maximum atomic E-state index is 12.8. The zero-order valence-electron chi connectivity index (χ0n) is 18.1. The Labute approximate surface area is 184 Å². The van der Waals surface area contributed by atoms with Crippen LogP contribution in [-0.4, -0.2) is 61.7 Å². The van der Waals surface area contributed by atoms with Gasteiger partial charge in [-0.25, -0.2) is 15.0 Å². The van der Waals surface area contributed by atoms with Gasteiger partial charge in [0.25, 0.3) is 5.91 Å². The van der Waals surface area contributed by atoms with E-state index in [2.05, 4.69) is 25.3 Å². The topological polar surface area (TPSA) is 134 Å². The number of aryl methyl sites for hydroxylation is 1. The van der Waals surface area contributed by atoms with E-state index in [9.17, 15) is 9.59 Å². The SMILES string of the molecule is Cc1cnc2ccc(-c3nc(C(=O)NCCC(=O)N(C)C)c(N)nc3-c3ccc[nH]3)cn12. The Bertz CT molecular complexity index is 1290. The standard InChI is InChI=1S/C22H24N8O2/c1-13-11-26-16-7-6-14(12-30(13)16)18-19(15-5-4-9-24-15)28-21(23)20(27-18)22(32)25-10-8-17(31)29(2)3/h4-7,9,11-12,24H,8,10H2,1-3H3,(H2,23,28)(H,25,32). The van der Waals surface area contributed by atoms with Crippen molar-refractivity contribution in [1.29, 1.82) is 0 Å². The van der Waals surface area contributed by atoms with Crippen molar-refractivity contribution in [3.63, 3.8) is 0 Å². The summed E-state index contributed by atoms with van der Waals surface area (Å²) in [5.74, 6) is -0.563. The van der Waals surface area contributed by atoms with Gasteiger partial charge in [0.15, 0.2) is 11.5 Å². The number of hydrogen-bond donors (Lipinski definition) is 3. The molecule has 0 radical (unpaired) electrons. The smallest absolute Gasteiger partial charge is 0.273 e. The van der Waals surface area contributed by atoms with Gasteiger partial charge in [-0.2, -0.15) is 0 Å². The molecule has 10 heteroatoms. The number of nitrogens with one attached hydrogen (secondary N) is 2. The van der Waals surface area contributed by atoms with Crippen LogP contribution in [0.2, 0.25) is 0 Å². The van der Waals surface area contributed by atoms with Gasteiger partial charge in [0.2, 0.25) is 5.91 Å². The zero-order chi connectivity index (χ0) is 22.8. The lowest BCUT2D eigenvalue weighted by molar-refractivity contribution is -0.128. The van der Waals surface area contributed by atoms with E-state index in [-0.39, 0.29) is 30.4 Å². The molecule has 0 saturated carbocycles. The number of H-pyrrole nitrogens is 1. The minimum absolute atomic E-state index is 0.00896. The monoisotopic (exact) mass is 432 g/mol. The van der Waals surface area contributed by atoms with Crippen LogP contribution in [0.1, 0.15) is 22.6 Å². The number of aromatic nitrogens is 5. The predicted octanol–water partition coefficient (Wildman–Crippen LogP) is 1.89. The first-order chi connectivity index (χ1) is 15.3. The van der Waals surface area contributed by atoms with Gasteiger partial charge in [-0.3, -0.25) is 9.59 Å². The van der Waals surface area contributed by atoms with Gasteiger partial charge in [0.05, 0.1) is 5.69 Å². The minimum atomic E-state index is -0.485. The fourth-order valence-corrected chi connectivity index (χ4v) is 3.31. The van der Waals surface area contributed by atoms with Gasteiger partial charge in [0.1, 0.15) is 17.0 Å². The average Bonchev–Trinajstić information content (AvgIpc) is 3.43. The lowest BCUT2D eigenvalue weighted by Gasteiger charge is -2.13. The van der Waals surface area contributed by atoms with Crippen LogP contribution in [0, 0.1) is 6.92 Å². The van der Waals surface area contributed by atoms with Gasteiger partial charge < -0.3 is 25.3 Å². The van der Waals surface area contributed by atoms with E-state index in [0.29, 0.717) is 11.4 Å². The second-order valence-corrected chi connectivity index (χ2v) is 7.58. The molecule has 4 N–H and O–H groups in total. The second kappa shape index (κ2) is 8.50. The fraction of sp³-hybridized carbons (Fsp3) is 0.227. The molecular formula is C22H24N8O2. The van der Waals surface area contributed by atoms with Gasteiger partial charge in [-0.1, -0.05) is 0 Å². The third-order valence-electron chi connectivity index (χ3n) is 5.08. The van der Waals surface area contributed by atoms with Crippen LogP contribution in [-0.2, 0) is 4.79 Å². The van der Waals surface area contributed by atoms with Crippen LogP contribution >= 0.6 is 0 Å². The normalized spacial score (nSPS) is 11.0. The third kappa shape index (κ3) is 4.02. The van der Waals surface area contributed by atoms with E-state index in [0.717, 1.165) is 22.6 Å². The highest BCUT2D eigenvalue weighted by Crippen LogP contribution is 2.30. The number of rotatable bonds is 6. The lowest BCUT2D eigenvalue weighted by Crippen LogP contribution is -2.31. The Hall–Kier alpha value is -4.21. The summed E-state index contributed by atoms with van der Waals surface area (Å²) in [6.07, 6.45) is 5.65. The summed E-state index contributed by atoms with van der Waals surface area (Å²) in [5, 5.41) is 2.70. The maximum absolute atomic E-state index is 12.8.